The van der Waals surface area contributed by atoms with Crippen molar-refractivity contribution in [1.82, 2.24) is 25.2 Å². The number of carbonyl (C=O) groups is 1. The molecular formula is C13H14N6O2. The van der Waals surface area contributed by atoms with Crippen LogP contribution in [-0.4, -0.2) is 37.8 Å². The molecule has 8 nitrogen and oxygen atoms in total. The zero-order chi connectivity index (χ0) is 14.8. The fourth-order valence-electron chi connectivity index (χ4n) is 2.37. The molecule has 3 rings (SSSR count). The van der Waals surface area contributed by atoms with Crippen LogP contribution in [0.1, 0.15) is 18.7 Å². The Kier molecular flexibility index (Phi) is 3.35. The van der Waals surface area contributed by atoms with Gasteiger partial charge in [-0.15, -0.1) is 0 Å². The van der Waals surface area contributed by atoms with Gasteiger partial charge in [0.2, 0.25) is 5.95 Å². The minimum Gasteiger partial charge on any atom is -0.465 e. The average Bonchev–Trinajstić information content (AvgIpc) is 2.94. The number of rotatable bonds is 3. The van der Waals surface area contributed by atoms with Crippen LogP contribution in [0.4, 0.5) is 5.95 Å². The number of ether oxygens (including phenoxy) is 1. The predicted molar refractivity (Wildman–Crippen MR) is 73.1 cm³/mol. The van der Waals surface area contributed by atoms with E-state index in [9.17, 15) is 4.79 Å². The maximum absolute atomic E-state index is 12.3. The minimum atomic E-state index is -0.643. The van der Waals surface area contributed by atoms with Gasteiger partial charge in [0.15, 0.2) is 0 Å². The topological polar surface area (TPSA) is 94.8 Å². The molecule has 0 spiro atoms. The fraction of sp³-hybridized carbons (Fsp3) is 0.308. The molecule has 21 heavy (non-hydrogen) atoms. The quantitative estimate of drug-likeness (QED) is 0.833. The normalized spacial score (nSPS) is 20.5. The zero-order valence-electron chi connectivity index (χ0n) is 11.4. The number of nitrogens with zero attached hydrogens (tertiary/aromatic N) is 5. The second-order valence-corrected chi connectivity index (χ2v) is 4.53. The first kappa shape index (κ1) is 13.2. The molecule has 2 aromatic rings. The fourth-order valence-corrected chi connectivity index (χ4v) is 2.37. The molecule has 1 aliphatic rings. The largest absolute Gasteiger partial charge is 0.465 e. The molecule has 3 heterocycles. The minimum absolute atomic E-state index is 0.292. The van der Waals surface area contributed by atoms with E-state index in [-0.39, 0.29) is 5.97 Å². The van der Waals surface area contributed by atoms with Crippen LogP contribution in [0.3, 0.4) is 0 Å². The van der Waals surface area contributed by atoms with Gasteiger partial charge in [0.1, 0.15) is 12.0 Å². The van der Waals surface area contributed by atoms with E-state index in [1.807, 2.05) is 12.1 Å². The number of hydrogen-bond acceptors (Lipinski definition) is 7. The summed E-state index contributed by atoms with van der Waals surface area (Å²) in [4.78, 5) is 16.6. The number of hydrogen-bond donors (Lipinski definition) is 1. The molecule has 0 fully saturated rings. The van der Waals surface area contributed by atoms with Gasteiger partial charge in [0.25, 0.3) is 0 Å². The number of nitrogens with one attached hydrogen (secondary N) is 1. The molecule has 0 aliphatic carbocycles. The third kappa shape index (κ3) is 2.24. The lowest BCUT2D eigenvalue weighted by atomic mass is 9.92. The highest BCUT2D eigenvalue weighted by Gasteiger charge is 2.41. The summed E-state index contributed by atoms with van der Waals surface area (Å²) in [5.41, 5.74) is 1.16. The van der Waals surface area contributed by atoms with E-state index < -0.39 is 12.0 Å². The van der Waals surface area contributed by atoms with Gasteiger partial charge in [0.05, 0.1) is 12.3 Å². The molecular weight excluding hydrogens is 272 g/mol. The van der Waals surface area contributed by atoms with Gasteiger partial charge in [0, 0.05) is 11.9 Å². The van der Waals surface area contributed by atoms with Gasteiger partial charge in [-0.2, -0.15) is 0 Å². The van der Waals surface area contributed by atoms with Crippen molar-refractivity contribution in [3.05, 3.63) is 42.4 Å². The van der Waals surface area contributed by atoms with Gasteiger partial charge in [-0.3, -0.25) is 9.78 Å². The molecule has 0 saturated heterocycles. The Labute approximate surface area is 120 Å². The molecule has 0 amide bonds. The first-order valence-electron chi connectivity index (χ1n) is 6.53. The Morgan fingerprint density at radius 2 is 2.38 bits per heavy atom. The highest BCUT2D eigenvalue weighted by molar-refractivity contribution is 5.78. The first-order valence-corrected chi connectivity index (χ1v) is 6.53. The number of esters is 1. The van der Waals surface area contributed by atoms with Gasteiger partial charge in [-0.05, 0) is 29.5 Å². The summed E-state index contributed by atoms with van der Waals surface area (Å²) in [5.74, 6) is -0.598. The van der Waals surface area contributed by atoms with Crippen LogP contribution in [-0.2, 0) is 9.53 Å². The highest BCUT2D eigenvalue weighted by atomic mass is 16.5. The standard InChI is InChI=1S/C13H14N6O2/c1-3-21-12(20)10-8(2)15-13-16-17-18-19(13)11(10)9-6-4-5-7-14-9/h4-7,10-11H,2-3H2,1H3,(H,15,16,18). The van der Waals surface area contributed by atoms with Crippen LogP contribution < -0.4 is 5.32 Å². The van der Waals surface area contributed by atoms with Crippen molar-refractivity contribution in [3.8, 4) is 0 Å². The Morgan fingerprint density at radius 1 is 1.52 bits per heavy atom. The van der Waals surface area contributed by atoms with E-state index in [0.717, 1.165) is 0 Å². The monoisotopic (exact) mass is 286 g/mol. The first-order chi connectivity index (χ1) is 10.2. The molecule has 108 valence electrons. The van der Waals surface area contributed by atoms with Gasteiger partial charge in [-0.1, -0.05) is 17.7 Å². The van der Waals surface area contributed by atoms with Crippen molar-refractivity contribution in [2.24, 2.45) is 5.92 Å². The predicted octanol–water partition coefficient (Wildman–Crippen LogP) is 0.776. The number of anilines is 1. The van der Waals surface area contributed by atoms with Crippen molar-refractivity contribution >= 4 is 11.9 Å². The Bertz CT molecular complexity index is 668. The van der Waals surface area contributed by atoms with Crippen LogP contribution in [0.15, 0.2) is 36.7 Å². The lowest BCUT2D eigenvalue weighted by molar-refractivity contribution is -0.147. The third-order valence-electron chi connectivity index (χ3n) is 3.25. The third-order valence-corrected chi connectivity index (χ3v) is 3.25. The van der Waals surface area contributed by atoms with Crippen molar-refractivity contribution < 1.29 is 9.53 Å². The van der Waals surface area contributed by atoms with Crippen LogP contribution in [0, 0.1) is 5.92 Å². The van der Waals surface area contributed by atoms with E-state index in [1.54, 1.807) is 19.2 Å². The Balaban J connectivity index is 2.09. The lowest BCUT2D eigenvalue weighted by Crippen LogP contribution is -2.38. The van der Waals surface area contributed by atoms with Crippen molar-refractivity contribution in [3.63, 3.8) is 0 Å². The molecule has 0 radical (unpaired) electrons. The summed E-state index contributed by atoms with van der Waals surface area (Å²) in [6, 6.07) is 4.99. The number of pyridine rings is 1. The summed E-state index contributed by atoms with van der Waals surface area (Å²) in [6.45, 7) is 5.96. The molecule has 0 saturated carbocycles. The van der Waals surface area contributed by atoms with Crippen LogP contribution in [0.25, 0.3) is 0 Å². The molecule has 2 atom stereocenters. The number of fused-ring (bicyclic) bond motifs is 1. The van der Waals surface area contributed by atoms with E-state index in [1.165, 1.54) is 4.68 Å². The number of tetrazole rings is 1. The van der Waals surface area contributed by atoms with Gasteiger partial charge < -0.3 is 10.1 Å². The maximum Gasteiger partial charge on any atom is 0.317 e. The van der Waals surface area contributed by atoms with Gasteiger partial charge >= 0.3 is 5.97 Å². The average molecular weight is 286 g/mol. The lowest BCUT2D eigenvalue weighted by Gasteiger charge is -2.31. The second-order valence-electron chi connectivity index (χ2n) is 4.53. The maximum atomic E-state index is 12.3. The molecule has 0 bridgehead atoms. The SMILES string of the molecule is C=C1Nc2nnnn2C(c2ccccn2)C1C(=O)OCC. The van der Waals surface area contributed by atoms with E-state index in [2.05, 4.69) is 32.4 Å². The smallest absolute Gasteiger partial charge is 0.317 e. The molecule has 0 aromatic carbocycles. The molecule has 8 heteroatoms. The Morgan fingerprint density at radius 3 is 3.10 bits per heavy atom. The highest BCUT2D eigenvalue weighted by Crippen LogP contribution is 2.36. The van der Waals surface area contributed by atoms with Crippen LogP contribution in [0.5, 0.6) is 0 Å². The van der Waals surface area contributed by atoms with Crippen molar-refractivity contribution in [2.75, 3.05) is 11.9 Å². The zero-order valence-corrected chi connectivity index (χ0v) is 11.4. The van der Waals surface area contributed by atoms with Crippen LogP contribution in [0.2, 0.25) is 0 Å². The van der Waals surface area contributed by atoms with E-state index >= 15 is 0 Å². The van der Waals surface area contributed by atoms with Crippen molar-refractivity contribution in [2.45, 2.75) is 13.0 Å². The summed E-state index contributed by atoms with van der Waals surface area (Å²) in [7, 11) is 0. The van der Waals surface area contributed by atoms with Gasteiger partial charge in [-0.25, -0.2) is 4.68 Å². The summed E-state index contributed by atoms with van der Waals surface area (Å²) >= 11 is 0. The number of carbonyl (C=O) groups excluding carboxylic acids is 1. The van der Waals surface area contributed by atoms with Crippen molar-refractivity contribution in [1.29, 1.82) is 0 Å². The molecule has 1 N–H and O–H groups in total. The molecule has 1 aliphatic heterocycles. The van der Waals surface area contributed by atoms with Crippen LogP contribution >= 0.6 is 0 Å². The summed E-state index contributed by atoms with van der Waals surface area (Å²) in [6.07, 6.45) is 1.66. The second kappa shape index (κ2) is 5.31. The number of aromatic nitrogens is 5. The summed E-state index contributed by atoms with van der Waals surface area (Å²) in [5, 5.41) is 14.4. The molecule has 2 aromatic heterocycles. The van der Waals surface area contributed by atoms with E-state index in [4.69, 9.17) is 4.74 Å². The Hall–Kier alpha value is -2.77. The molecule has 2 unspecified atom stereocenters. The van der Waals surface area contributed by atoms with E-state index in [0.29, 0.717) is 23.9 Å². The summed E-state index contributed by atoms with van der Waals surface area (Å²) < 4.78 is 6.67.